The number of nitrogens with one attached hydrogen (secondary N) is 1. The van der Waals surface area contributed by atoms with Gasteiger partial charge in [-0.1, -0.05) is 13.8 Å². The fraction of sp³-hybridized carbons (Fsp3) is 0.733. The second-order valence-electron chi connectivity index (χ2n) is 6.11. The quantitative estimate of drug-likeness (QED) is 0.758. The number of amides is 1. The molecular weight excluding hydrogens is 322 g/mol. The SMILES string of the molecule is CC(C)c1nc(CCNC(=O)[C@H]2CC[C@@H](O)[C@H](N)C2)cs1.Cl. The largest absolute Gasteiger partial charge is 0.392 e. The lowest BCUT2D eigenvalue weighted by Gasteiger charge is -2.29. The number of nitrogens with two attached hydrogens (primary N) is 1. The average Bonchev–Trinajstić information content (AvgIpc) is 2.91. The number of aromatic nitrogens is 1. The Kier molecular flexibility index (Phi) is 7.76. The molecule has 0 unspecified atom stereocenters. The Bertz CT molecular complexity index is 481. The molecule has 0 saturated heterocycles. The van der Waals surface area contributed by atoms with Crippen molar-refractivity contribution in [3.05, 3.63) is 16.1 Å². The molecule has 3 atom stereocenters. The zero-order chi connectivity index (χ0) is 15.4. The van der Waals surface area contributed by atoms with Gasteiger partial charge in [0.1, 0.15) is 0 Å². The third-order valence-corrected chi connectivity index (χ3v) is 5.17. The van der Waals surface area contributed by atoms with Crippen LogP contribution in [0.5, 0.6) is 0 Å². The highest BCUT2D eigenvalue weighted by molar-refractivity contribution is 7.09. The number of carbonyl (C=O) groups is 1. The number of hydrogen-bond donors (Lipinski definition) is 3. The van der Waals surface area contributed by atoms with Gasteiger partial charge < -0.3 is 16.2 Å². The standard InChI is InChI=1S/C15H25N3O2S.ClH/c1-9(2)15-18-11(8-21-15)5-6-17-14(20)10-3-4-13(19)12(16)7-10;/h8-10,12-13,19H,3-7,16H2,1-2H3,(H,17,20);1H/t10-,12+,13+;/m0./s1. The molecule has 0 aromatic carbocycles. The average molecular weight is 348 g/mol. The normalized spacial score (nSPS) is 24.9. The molecule has 2 rings (SSSR count). The number of thiazole rings is 1. The maximum absolute atomic E-state index is 12.1. The lowest BCUT2D eigenvalue weighted by atomic mass is 9.83. The summed E-state index contributed by atoms with van der Waals surface area (Å²) in [5.41, 5.74) is 6.86. The number of halogens is 1. The fourth-order valence-corrected chi connectivity index (χ4v) is 3.46. The summed E-state index contributed by atoms with van der Waals surface area (Å²) in [5, 5.41) is 15.8. The highest BCUT2D eigenvalue weighted by atomic mass is 35.5. The monoisotopic (exact) mass is 347 g/mol. The van der Waals surface area contributed by atoms with Crippen LogP contribution >= 0.6 is 23.7 Å². The maximum atomic E-state index is 12.1. The Morgan fingerprint density at radius 3 is 2.86 bits per heavy atom. The molecule has 4 N–H and O–H groups in total. The predicted molar refractivity (Wildman–Crippen MR) is 91.5 cm³/mol. The minimum absolute atomic E-state index is 0. The first kappa shape index (κ1) is 19.4. The summed E-state index contributed by atoms with van der Waals surface area (Å²) >= 11 is 1.68. The van der Waals surface area contributed by atoms with Crippen molar-refractivity contribution in [3.8, 4) is 0 Å². The zero-order valence-electron chi connectivity index (χ0n) is 13.1. The predicted octanol–water partition coefficient (Wildman–Crippen LogP) is 1.84. The third-order valence-electron chi connectivity index (χ3n) is 3.98. The summed E-state index contributed by atoms with van der Waals surface area (Å²) in [7, 11) is 0. The zero-order valence-corrected chi connectivity index (χ0v) is 14.8. The van der Waals surface area contributed by atoms with Gasteiger partial charge in [-0.25, -0.2) is 4.98 Å². The highest BCUT2D eigenvalue weighted by Gasteiger charge is 2.30. The van der Waals surface area contributed by atoms with Crippen LogP contribution in [0.3, 0.4) is 0 Å². The number of aliphatic hydroxyl groups is 1. The van der Waals surface area contributed by atoms with Crippen molar-refractivity contribution in [2.24, 2.45) is 11.7 Å². The molecule has 1 aromatic heterocycles. The Balaban J connectivity index is 0.00000242. The number of carbonyl (C=O) groups excluding carboxylic acids is 1. The minimum atomic E-state index is -0.460. The fourth-order valence-electron chi connectivity index (χ4n) is 2.59. The van der Waals surface area contributed by atoms with Gasteiger partial charge in [-0.05, 0) is 19.3 Å². The minimum Gasteiger partial charge on any atom is -0.392 e. The summed E-state index contributed by atoms with van der Waals surface area (Å²) in [4.78, 5) is 16.6. The molecule has 126 valence electrons. The molecule has 1 aliphatic carbocycles. The summed E-state index contributed by atoms with van der Waals surface area (Å²) < 4.78 is 0. The van der Waals surface area contributed by atoms with Crippen LogP contribution in [0, 0.1) is 5.92 Å². The molecule has 0 spiro atoms. The lowest BCUT2D eigenvalue weighted by molar-refractivity contribution is -0.126. The number of hydrogen-bond acceptors (Lipinski definition) is 5. The van der Waals surface area contributed by atoms with Crippen molar-refractivity contribution in [3.63, 3.8) is 0 Å². The topological polar surface area (TPSA) is 88.2 Å². The molecule has 1 aromatic rings. The Morgan fingerprint density at radius 2 is 2.27 bits per heavy atom. The molecule has 0 radical (unpaired) electrons. The molecule has 0 aliphatic heterocycles. The molecular formula is C15H26ClN3O2S. The van der Waals surface area contributed by atoms with Crippen molar-refractivity contribution in [2.75, 3.05) is 6.54 Å². The number of rotatable bonds is 5. The van der Waals surface area contributed by atoms with Crippen molar-refractivity contribution < 1.29 is 9.90 Å². The Labute approximate surface area is 142 Å². The third kappa shape index (κ3) is 5.19. The summed E-state index contributed by atoms with van der Waals surface area (Å²) in [6.07, 6.45) is 2.20. The first-order valence-electron chi connectivity index (χ1n) is 7.63. The van der Waals surface area contributed by atoms with E-state index in [0.717, 1.165) is 23.5 Å². The summed E-state index contributed by atoms with van der Waals surface area (Å²) in [6, 6.07) is -0.276. The van der Waals surface area contributed by atoms with E-state index < -0.39 is 6.10 Å². The summed E-state index contributed by atoms with van der Waals surface area (Å²) in [5.74, 6) is 0.440. The smallest absolute Gasteiger partial charge is 0.223 e. The molecule has 1 heterocycles. The van der Waals surface area contributed by atoms with Crippen LogP contribution in [0.2, 0.25) is 0 Å². The van der Waals surface area contributed by atoms with Gasteiger partial charge in [0.2, 0.25) is 5.91 Å². The molecule has 5 nitrogen and oxygen atoms in total. The van der Waals surface area contributed by atoms with Crippen LogP contribution in [-0.4, -0.2) is 34.7 Å². The van der Waals surface area contributed by atoms with Gasteiger partial charge in [-0.15, -0.1) is 23.7 Å². The van der Waals surface area contributed by atoms with Crippen molar-refractivity contribution in [2.45, 2.75) is 57.6 Å². The molecule has 0 bridgehead atoms. The van der Waals surface area contributed by atoms with Gasteiger partial charge in [-0.3, -0.25) is 4.79 Å². The van der Waals surface area contributed by atoms with Gasteiger partial charge in [0.25, 0.3) is 0 Å². The second-order valence-corrected chi connectivity index (χ2v) is 7.00. The van der Waals surface area contributed by atoms with Crippen molar-refractivity contribution in [1.82, 2.24) is 10.3 Å². The van der Waals surface area contributed by atoms with E-state index in [4.69, 9.17) is 5.73 Å². The molecule has 1 saturated carbocycles. The summed E-state index contributed by atoms with van der Waals surface area (Å²) in [6.45, 7) is 4.87. The van der Waals surface area contributed by atoms with E-state index in [2.05, 4.69) is 29.5 Å². The van der Waals surface area contributed by atoms with Gasteiger partial charge in [0, 0.05) is 36.2 Å². The molecule has 1 amide bonds. The van der Waals surface area contributed by atoms with Gasteiger partial charge in [0.15, 0.2) is 0 Å². The lowest BCUT2D eigenvalue weighted by Crippen LogP contribution is -2.45. The van der Waals surface area contributed by atoms with Gasteiger partial charge in [-0.2, -0.15) is 0 Å². The van der Waals surface area contributed by atoms with E-state index in [1.165, 1.54) is 0 Å². The van der Waals surface area contributed by atoms with Gasteiger partial charge >= 0.3 is 0 Å². The van der Waals surface area contributed by atoms with Crippen molar-refractivity contribution in [1.29, 1.82) is 0 Å². The van der Waals surface area contributed by atoms with E-state index >= 15 is 0 Å². The van der Waals surface area contributed by atoms with Crippen LogP contribution in [0.1, 0.15) is 49.7 Å². The molecule has 1 fully saturated rings. The van der Waals surface area contributed by atoms with Crippen LogP contribution in [0.25, 0.3) is 0 Å². The highest BCUT2D eigenvalue weighted by Crippen LogP contribution is 2.23. The first-order valence-corrected chi connectivity index (χ1v) is 8.51. The van der Waals surface area contributed by atoms with Crippen LogP contribution in [0.4, 0.5) is 0 Å². The van der Waals surface area contributed by atoms with Crippen LogP contribution in [0.15, 0.2) is 5.38 Å². The first-order chi connectivity index (χ1) is 9.97. The van der Waals surface area contributed by atoms with Crippen LogP contribution < -0.4 is 11.1 Å². The van der Waals surface area contributed by atoms with E-state index in [0.29, 0.717) is 25.3 Å². The van der Waals surface area contributed by atoms with E-state index in [1.54, 1.807) is 11.3 Å². The van der Waals surface area contributed by atoms with Crippen LogP contribution in [-0.2, 0) is 11.2 Å². The van der Waals surface area contributed by atoms with Crippen molar-refractivity contribution >= 4 is 29.7 Å². The van der Waals surface area contributed by atoms with E-state index in [-0.39, 0.29) is 30.3 Å². The number of nitrogens with zero attached hydrogens (tertiary/aromatic N) is 1. The van der Waals surface area contributed by atoms with E-state index in [1.807, 2.05) is 0 Å². The molecule has 7 heteroatoms. The Hall–Kier alpha value is -0.690. The van der Waals surface area contributed by atoms with E-state index in [9.17, 15) is 9.90 Å². The molecule has 1 aliphatic rings. The van der Waals surface area contributed by atoms with Gasteiger partial charge in [0.05, 0.1) is 16.8 Å². The molecule has 22 heavy (non-hydrogen) atoms. The second kappa shape index (κ2) is 8.82. The number of aliphatic hydroxyl groups excluding tert-OH is 1. The Morgan fingerprint density at radius 1 is 1.55 bits per heavy atom. The maximum Gasteiger partial charge on any atom is 0.223 e.